The molecule has 0 N–H and O–H groups in total. The summed E-state index contributed by atoms with van der Waals surface area (Å²) in [5, 5.41) is 9.19. The molecule has 0 aliphatic carbocycles. The summed E-state index contributed by atoms with van der Waals surface area (Å²) in [7, 11) is 0. The summed E-state index contributed by atoms with van der Waals surface area (Å²) in [6.45, 7) is 1.81. The van der Waals surface area contributed by atoms with Crippen LogP contribution < -0.4 is 0 Å². The van der Waals surface area contributed by atoms with Crippen LogP contribution in [0.3, 0.4) is 0 Å². The van der Waals surface area contributed by atoms with Gasteiger partial charge in [0.1, 0.15) is 17.6 Å². The summed E-state index contributed by atoms with van der Waals surface area (Å²) in [6, 6.07) is 9.49. The van der Waals surface area contributed by atoms with Gasteiger partial charge >= 0.3 is 0 Å². The van der Waals surface area contributed by atoms with E-state index in [0.29, 0.717) is 11.6 Å². The van der Waals surface area contributed by atoms with Gasteiger partial charge in [0.25, 0.3) is 0 Å². The quantitative estimate of drug-likeness (QED) is 0.764. The van der Waals surface area contributed by atoms with Gasteiger partial charge in [0.2, 0.25) is 0 Å². The Morgan fingerprint density at radius 3 is 2.52 bits per heavy atom. The van der Waals surface area contributed by atoms with E-state index >= 15 is 0 Å². The third-order valence-electron chi connectivity index (χ3n) is 3.11. The molecule has 106 valence electrons. The molecule has 2 aromatic carbocycles. The summed E-state index contributed by atoms with van der Waals surface area (Å²) in [4.78, 5) is 12.4. The highest BCUT2D eigenvalue weighted by Crippen LogP contribution is 2.25. The first kappa shape index (κ1) is 15.3. The van der Waals surface area contributed by atoms with Crippen molar-refractivity contribution in [2.24, 2.45) is 0 Å². The summed E-state index contributed by atoms with van der Waals surface area (Å²) >= 11 is 3.32. The Bertz CT molecular complexity index is 752. The van der Waals surface area contributed by atoms with Gasteiger partial charge in [-0.25, -0.2) is 8.78 Å². The van der Waals surface area contributed by atoms with E-state index in [1.165, 1.54) is 0 Å². The van der Waals surface area contributed by atoms with E-state index in [1.807, 2.05) is 0 Å². The van der Waals surface area contributed by atoms with Crippen LogP contribution in [-0.2, 0) is 0 Å². The monoisotopic (exact) mass is 349 g/mol. The lowest BCUT2D eigenvalue weighted by Crippen LogP contribution is -2.13. The maximum Gasteiger partial charge on any atom is 0.184 e. The van der Waals surface area contributed by atoms with E-state index in [-0.39, 0.29) is 5.56 Å². The first-order valence-electron chi connectivity index (χ1n) is 6.09. The van der Waals surface area contributed by atoms with Crippen molar-refractivity contribution in [2.45, 2.75) is 12.8 Å². The Labute approximate surface area is 129 Å². The van der Waals surface area contributed by atoms with Crippen LogP contribution in [0.2, 0.25) is 0 Å². The lowest BCUT2D eigenvalue weighted by atomic mass is 9.91. The van der Waals surface area contributed by atoms with Gasteiger partial charge < -0.3 is 0 Å². The minimum absolute atomic E-state index is 0.121. The number of carbonyl (C=O) groups is 1. The molecule has 1 atom stereocenters. The van der Waals surface area contributed by atoms with Gasteiger partial charge in [-0.05, 0) is 30.7 Å². The highest BCUT2D eigenvalue weighted by atomic mass is 79.9. The fourth-order valence-electron chi connectivity index (χ4n) is 1.97. The second kappa shape index (κ2) is 6.15. The number of nitriles is 1. The van der Waals surface area contributed by atoms with Crippen molar-refractivity contribution in [3.63, 3.8) is 0 Å². The van der Waals surface area contributed by atoms with Crippen molar-refractivity contribution in [2.75, 3.05) is 0 Å². The molecular formula is C16H10BrF2NO. The van der Waals surface area contributed by atoms with Crippen LogP contribution in [-0.4, -0.2) is 5.78 Å². The number of Topliss-reactive ketones (excluding diaryl/α,β-unsaturated/α-hetero) is 1. The Hall–Kier alpha value is -2.06. The number of carbonyl (C=O) groups excluding carboxylic acids is 1. The van der Waals surface area contributed by atoms with E-state index in [4.69, 9.17) is 0 Å². The molecule has 0 aliphatic rings. The zero-order valence-electron chi connectivity index (χ0n) is 11.0. The second-order valence-electron chi connectivity index (χ2n) is 4.56. The van der Waals surface area contributed by atoms with Gasteiger partial charge in [0, 0.05) is 21.7 Å². The van der Waals surface area contributed by atoms with Crippen molar-refractivity contribution in [3.8, 4) is 6.07 Å². The molecule has 0 fully saturated rings. The van der Waals surface area contributed by atoms with Crippen LogP contribution in [0.15, 0.2) is 40.9 Å². The Morgan fingerprint density at radius 2 is 1.95 bits per heavy atom. The van der Waals surface area contributed by atoms with Crippen LogP contribution in [0.1, 0.15) is 27.4 Å². The number of ketones is 1. The maximum atomic E-state index is 13.8. The number of benzene rings is 2. The summed E-state index contributed by atoms with van der Waals surface area (Å²) in [5.41, 5.74) is 1.02. The third-order valence-corrected chi connectivity index (χ3v) is 4.00. The summed E-state index contributed by atoms with van der Waals surface area (Å²) in [5.74, 6) is -3.46. The summed E-state index contributed by atoms with van der Waals surface area (Å²) < 4.78 is 27.5. The highest BCUT2D eigenvalue weighted by molar-refractivity contribution is 9.10. The van der Waals surface area contributed by atoms with Crippen molar-refractivity contribution in [3.05, 3.63) is 69.2 Å². The van der Waals surface area contributed by atoms with Gasteiger partial charge in [-0.2, -0.15) is 5.26 Å². The molecule has 0 aliphatic heterocycles. The fourth-order valence-corrected chi connectivity index (χ4v) is 2.22. The lowest BCUT2D eigenvalue weighted by molar-refractivity contribution is 0.0977. The number of hydrogen-bond acceptors (Lipinski definition) is 2. The molecule has 0 aromatic heterocycles. The van der Waals surface area contributed by atoms with Crippen molar-refractivity contribution >= 4 is 21.7 Å². The lowest BCUT2D eigenvalue weighted by Gasteiger charge is -2.11. The zero-order valence-corrected chi connectivity index (χ0v) is 12.6. The average molecular weight is 350 g/mol. The highest BCUT2D eigenvalue weighted by Gasteiger charge is 2.25. The average Bonchev–Trinajstić information content (AvgIpc) is 2.44. The van der Waals surface area contributed by atoms with E-state index < -0.39 is 23.3 Å². The van der Waals surface area contributed by atoms with Crippen LogP contribution >= 0.6 is 15.9 Å². The van der Waals surface area contributed by atoms with E-state index in [1.54, 1.807) is 31.2 Å². The standard InChI is InChI=1S/C16H10BrF2NO/c1-9-6-10(2-5-14(9)17)16(21)13(8-20)12-4-3-11(18)7-15(12)19/h2-7,13H,1H3. The molecule has 5 heteroatoms. The minimum atomic E-state index is -1.30. The van der Waals surface area contributed by atoms with Crippen LogP contribution in [0.25, 0.3) is 0 Å². The zero-order chi connectivity index (χ0) is 15.6. The van der Waals surface area contributed by atoms with Crippen LogP contribution in [0.5, 0.6) is 0 Å². The molecule has 2 nitrogen and oxygen atoms in total. The van der Waals surface area contributed by atoms with E-state index in [9.17, 15) is 18.8 Å². The Kier molecular flexibility index (Phi) is 4.49. The molecule has 1 unspecified atom stereocenters. The van der Waals surface area contributed by atoms with Crippen LogP contribution in [0, 0.1) is 29.9 Å². The predicted octanol–water partition coefficient (Wildman–Crippen LogP) is 4.53. The second-order valence-corrected chi connectivity index (χ2v) is 5.41. The molecular weight excluding hydrogens is 340 g/mol. The van der Waals surface area contributed by atoms with Gasteiger partial charge in [-0.3, -0.25) is 4.79 Å². The van der Waals surface area contributed by atoms with Gasteiger partial charge in [-0.15, -0.1) is 0 Å². The van der Waals surface area contributed by atoms with Crippen molar-refractivity contribution in [1.29, 1.82) is 5.26 Å². The van der Waals surface area contributed by atoms with Gasteiger partial charge in [-0.1, -0.05) is 28.1 Å². The predicted molar refractivity (Wildman–Crippen MR) is 77.9 cm³/mol. The molecule has 0 amide bonds. The molecule has 0 spiro atoms. The molecule has 0 saturated heterocycles. The Morgan fingerprint density at radius 1 is 1.24 bits per heavy atom. The molecule has 21 heavy (non-hydrogen) atoms. The van der Waals surface area contributed by atoms with Crippen LogP contribution in [0.4, 0.5) is 8.78 Å². The Balaban J connectivity index is 2.43. The third kappa shape index (κ3) is 3.17. The molecule has 0 saturated carbocycles. The molecule has 0 heterocycles. The maximum absolute atomic E-state index is 13.8. The fraction of sp³-hybridized carbons (Fsp3) is 0.125. The van der Waals surface area contributed by atoms with E-state index in [0.717, 1.165) is 22.2 Å². The number of hydrogen-bond donors (Lipinski definition) is 0. The summed E-state index contributed by atoms with van der Waals surface area (Å²) in [6.07, 6.45) is 0. The topological polar surface area (TPSA) is 40.9 Å². The number of halogens is 3. The largest absolute Gasteiger partial charge is 0.292 e. The molecule has 2 aromatic rings. The number of aryl methyl sites for hydroxylation is 1. The van der Waals surface area contributed by atoms with Gasteiger partial charge in [0.05, 0.1) is 6.07 Å². The number of rotatable bonds is 3. The molecule has 0 bridgehead atoms. The normalized spacial score (nSPS) is 11.8. The van der Waals surface area contributed by atoms with Crippen molar-refractivity contribution in [1.82, 2.24) is 0 Å². The molecule has 0 radical (unpaired) electrons. The smallest absolute Gasteiger partial charge is 0.184 e. The number of nitrogens with zero attached hydrogens (tertiary/aromatic N) is 1. The minimum Gasteiger partial charge on any atom is -0.292 e. The molecule has 2 rings (SSSR count). The SMILES string of the molecule is Cc1cc(C(=O)C(C#N)c2ccc(F)cc2F)ccc1Br. The van der Waals surface area contributed by atoms with Crippen molar-refractivity contribution < 1.29 is 13.6 Å². The van der Waals surface area contributed by atoms with Gasteiger partial charge in [0.15, 0.2) is 5.78 Å². The first-order chi connectivity index (χ1) is 9.93. The first-order valence-corrected chi connectivity index (χ1v) is 6.88. The van der Waals surface area contributed by atoms with E-state index in [2.05, 4.69) is 15.9 Å².